The van der Waals surface area contributed by atoms with E-state index < -0.39 is 97.5 Å². The van der Waals surface area contributed by atoms with E-state index >= 15 is 0 Å². The Balaban J connectivity index is 5.41. The number of phosphoric ester groups is 2. The van der Waals surface area contributed by atoms with Crippen molar-refractivity contribution in [2.24, 2.45) is 0 Å². The summed E-state index contributed by atoms with van der Waals surface area (Å²) >= 11 is 0. The summed E-state index contributed by atoms with van der Waals surface area (Å²) in [4.78, 5) is 73.1. The lowest BCUT2D eigenvalue weighted by molar-refractivity contribution is -0.161. The molecule has 596 valence electrons. The molecule has 0 aromatic heterocycles. The number of carbonyl (C=O) groups excluding carboxylic acids is 4. The minimum atomic E-state index is -5.00. The molecule has 0 aliphatic heterocycles. The Morgan fingerprint density at radius 2 is 0.500 bits per heavy atom. The van der Waals surface area contributed by atoms with Gasteiger partial charge in [0, 0.05) is 25.7 Å². The van der Waals surface area contributed by atoms with E-state index in [0.29, 0.717) is 32.1 Å². The second-order valence-corrected chi connectivity index (χ2v) is 29.5. The number of allylic oxidation sites excluding steroid dienone is 22. The summed E-state index contributed by atoms with van der Waals surface area (Å²) in [5.74, 6) is -2.25. The molecule has 0 saturated carbocycles. The van der Waals surface area contributed by atoms with Crippen LogP contribution in [0.1, 0.15) is 323 Å². The van der Waals surface area contributed by atoms with Gasteiger partial charge in [0.25, 0.3) is 0 Å². The quantitative estimate of drug-likeness (QED) is 0.0169. The van der Waals surface area contributed by atoms with Gasteiger partial charge in [-0.05, 0) is 135 Å². The molecule has 0 spiro atoms. The summed E-state index contributed by atoms with van der Waals surface area (Å²) in [7, 11) is -9.98. The highest BCUT2D eigenvalue weighted by Gasteiger charge is 2.30. The first kappa shape index (κ1) is 99.2. The fourth-order valence-electron chi connectivity index (χ4n) is 10.6. The van der Waals surface area contributed by atoms with Crippen LogP contribution in [0.4, 0.5) is 0 Å². The van der Waals surface area contributed by atoms with E-state index in [1.54, 1.807) is 0 Å². The van der Waals surface area contributed by atoms with E-state index in [2.05, 4.69) is 161 Å². The van der Waals surface area contributed by atoms with Gasteiger partial charge in [0.1, 0.15) is 19.3 Å². The van der Waals surface area contributed by atoms with Crippen LogP contribution in [0, 0.1) is 0 Å². The van der Waals surface area contributed by atoms with Crippen LogP contribution in [0.25, 0.3) is 0 Å². The fourth-order valence-corrected chi connectivity index (χ4v) is 12.1. The summed E-state index contributed by atoms with van der Waals surface area (Å²) in [5.41, 5.74) is 0. The third kappa shape index (κ3) is 75.4. The smallest absolute Gasteiger partial charge is 0.462 e. The van der Waals surface area contributed by atoms with Crippen molar-refractivity contribution in [1.82, 2.24) is 0 Å². The van der Waals surface area contributed by atoms with Crippen LogP contribution in [0.3, 0.4) is 0 Å². The van der Waals surface area contributed by atoms with Crippen LogP contribution < -0.4 is 0 Å². The number of aliphatic hydroxyl groups is 1. The van der Waals surface area contributed by atoms with Crippen molar-refractivity contribution in [3.05, 3.63) is 134 Å². The molecule has 0 saturated heterocycles. The molecule has 5 unspecified atom stereocenters. The highest BCUT2D eigenvalue weighted by Crippen LogP contribution is 2.45. The SMILES string of the molecule is CC/C=C\C/C=C\C/C=C\C/C=C\CCCCCCC(=O)OCC(COP(=O)(O)OCC(O)COP(=O)(O)OCC(COC(=O)CCCCCCCCC/C=C\C/C=C\C/C=C\CC)OC(=O)CCCC/C=C\C/C=C\C/C=C\C/C=C\CC)OC(=O)CCCCCCCCCCCCCCCCC. The molecular weight excluding hydrogens is 1350 g/mol. The molecule has 0 rings (SSSR count). The average molecular weight is 1500 g/mol. The molecule has 3 N–H and O–H groups in total. The summed E-state index contributed by atoms with van der Waals surface area (Å²) < 4.78 is 68.6. The Labute approximate surface area is 631 Å². The van der Waals surface area contributed by atoms with Crippen molar-refractivity contribution in [2.75, 3.05) is 39.6 Å². The number of rotatable bonds is 75. The molecule has 0 radical (unpaired) electrons. The fraction of sp³-hybridized carbons (Fsp3) is 0.694. The van der Waals surface area contributed by atoms with Crippen molar-refractivity contribution in [3.8, 4) is 0 Å². The average Bonchev–Trinajstić information content (AvgIpc) is 0.937. The third-order valence-corrected chi connectivity index (χ3v) is 18.5. The van der Waals surface area contributed by atoms with Gasteiger partial charge in [-0.3, -0.25) is 37.3 Å². The lowest BCUT2D eigenvalue weighted by Crippen LogP contribution is -2.30. The number of phosphoric acid groups is 2. The third-order valence-electron chi connectivity index (χ3n) is 16.6. The lowest BCUT2D eigenvalue weighted by atomic mass is 10.0. The van der Waals surface area contributed by atoms with Crippen LogP contribution in [0.2, 0.25) is 0 Å². The van der Waals surface area contributed by atoms with Crippen LogP contribution in [-0.4, -0.2) is 96.7 Å². The Bertz CT molecular complexity index is 2490. The molecule has 17 nitrogen and oxygen atoms in total. The number of hydrogen-bond donors (Lipinski definition) is 3. The maximum Gasteiger partial charge on any atom is 0.472 e. The Morgan fingerprint density at radius 1 is 0.279 bits per heavy atom. The monoisotopic (exact) mass is 1500 g/mol. The molecular formula is C85H144O17P2. The van der Waals surface area contributed by atoms with Crippen molar-refractivity contribution in [2.45, 2.75) is 341 Å². The standard InChI is InChI=1S/C85H144O17P2/c1-5-9-13-17-21-25-29-33-37-39-43-45-49-53-57-61-65-69-82(87)95-75-80(101-84(89)71-67-63-59-55-51-47-41-35-31-27-23-19-15-11-7-3)77-99-103(91,92)97-73-79(86)74-98-104(93,94)100-78-81(102-85(90)72-68-64-60-56-52-48-42-36-32-28-24-20-16-12-8-4)76-96-83(88)70-66-62-58-54-50-46-44-40-38-34-30-26-22-18-14-10-6-2/h9-11,13-15,21-23,25-27,33-35,37-38,41,44,46,51,55,79-81,86H,5-8,12,16-20,24,28-32,36,39-40,42-43,45,47-50,52-54,56-78H2,1-4H3,(H,91,92)(H,93,94)/b13-9-,14-10-,15-11-,25-21-,26-22-,27-23-,37-33-,38-34-,41-35-,46-44-,55-51-. The van der Waals surface area contributed by atoms with Gasteiger partial charge in [0.05, 0.1) is 26.4 Å². The van der Waals surface area contributed by atoms with Gasteiger partial charge in [-0.25, -0.2) is 9.13 Å². The number of hydrogen-bond acceptors (Lipinski definition) is 15. The van der Waals surface area contributed by atoms with E-state index in [1.807, 2.05) is 0 Å². The molecule has 0 aromatic carbocycles. The topological polar surface area (TPSA) is 237 Å². The van der Waals surface area contributed by atoms with Crippen molar-refractivity contribution in [3.63, 3.8) is 0 Å². The zero-order chi connectivity index (χ0) is 76.0. The zero-order valence-corrected chi connectivity index (χ0v) is 66.9. The Kier molecular flexibility index (Phi) is 72.9. The highest BCUT2D eigenvalue weighted by atomic mass is 31.2. The molecule has 19 heteroatoms. The summed E-state index contributed by atoms with van der Waals surface area (Å²) in [6.45, 7) is 4.48. The van der Waals surface area contributed by atoms with Crippen LogP contribution in [0.5, 0.6) is 0 Å². The number of esters is 4. The first-order chi connectivity index (χ1) is 50.7. The first-order valence-electron chi connectivity index (χ1n) is 40.4. The molecule has 0 bridgehead atoms. The Morgan fingerprint density at radius 3 is 0.788 bits per heavy atom. The Hall–Kier alpha value is -4.80. The minimum absolute atomic E-state index is 0.0374. The molecule has 0 heterocycles. The zero-order valence-electron chi connectivity index (χ0n) is 65.2. The number of unbranched alkanes of at least 4 members (excludes halogenated alkanes) is 27. The predicted octanol–water partition coefficient (Wildman–Crippen LogP) is 23.7. The van der Waals surface area contributed by atoms with E-state index in [1.165, 1.54) is 64.2 Å². The molecule has 0 aliphatic carbocycles. The molecule has 0 fully saturated rings. The first-order valence-corrected chi connectivity index (χ1v) is 43.4. The van der Waals surface area contributed by atoms with Gasteiger partial charge in [-0.2, -0.15) is 0 Å². The predicted molar refractivity (Wildman–Crippen MR) is 427 cm³/mol. The molecule has 5 atom stereocenters. The normalized spacial score (nSPS) is 14.6. The van der Waals surface area contributed by atoms with Crippen LogP contribution in [-0.2, 0) is 65.4 Å². The van der Waals surface area contributed by atoms with Gasteiger partial charge in [0.15, 0.2) is 12.2 Å². The molecule has 104 heavy (non-hydrogen) atoms. The van der Waals surface area contributed by atoms with E-state index in [4.69, 9.17) is 37.0 Å². The maximum absolute atomic E-state index is 13.1. The van der Waals surface area contributed by atoms with Crippen molar-refractivity contribution >= 4 is 39.5 Å². The summed E-state index contributed by atoms with van der Waals surface area (Å²) in [6.07, 6.45) is 85.7. The van der Waals surface area contributed by atoms with Gasteiger partial charge in [0.2, 0.25) is 0 Å². The van der Waals surface area contributed by atoms with E-state index in [0.717, 1.165) is 173 Å². The molecule has 0 amide bonds. The molecule has 0 aliphatic rings. The van der Waals surface area contributed by atoms with Crippen LogP contribution >= 0.6 is 15.6 Å². The maximum atomic E-state index is 13.1. The number of aliphatic hydroxyl groups excluding tert-OH is 1. The van der Waals surface area contributed by atoms with Gasteiger partial charge < -0.3 is 33.8 Å². The van der Waals surface area contributed by atoms with Gasteiger partial charge in [-0.15, -0.1) is 0 Å². The number of carbonyl (C=O) groups is 4. The number of ether oxygens (including phenoxy) is 4. The highest BCUT2D eigenvalue weighted by molar-refractivity contribution is 7.47. The van der Waals surface area contributed by atoms with Crippen molar-refractivity contribution < 1.29 is 80.2 Å². The van der Waals surface area contributed by atoms with Crippen molar-refractivity contribution in [1.29, 1.82) is 0 Å². The summed E-state index contributed by atoms with van der Waals surface area (Å²) in [6, 6.07) is 0. The molecule has 0 aromatic rings. The van der Waals surface area contributed by atoms with E-state index in [-0.39, 0.29) is 25.7 Å². The van der Waals surface area contributed by atoms with E-state index in [9.17, 15) is 43.2 Å². The lowest BCUT2D eigenvalue weighted by Gasteiger charge is -2.21. The minimum Gasteiger partial charge on any atom is -0.462 e. The van der Waals surface area contributed by atoms with Gasteiger partial charge in [-0.1, -0.05) is 296 Å². The van der Waals surface area contributed by atoms with Gasteiger partial charge >= 0.3 is 39.5 Å². The second-order valence-electron chi connectivity index (χ2n) is 26.6. The largest absolute Gasteiger partial charge is 0.472 e. The summed E-state index contributed by atoms with van der Waals surface area (Å²) in [5, 5.41) is 10.6. The second kappa shape index (κ2) is 76.4. The van der Waals surface area contributed by atoms with Crippen LogP contribution in [0.15, 0.2) is 134 Å².